The second kappa shape index (κ2) is 13.1. The quantitative estimate of drug-likeness (QED) is 0.179. The molecule has 0 aliphatic heterocycles. The molecule has 0 unspecified atom stereocenters. The van der Waals surface area contributed by atoms with Gasteiger partial charge in [-0.25, -0.2) is 15.0 Å². The molecule has 0 aliphatic rings. The number of benzene rings is 7. The largest absolute Gasteiger partial charge is 0.208 e. The van der Waals surface area contributed by atoms with Gasteiger partial charge < -0.3 is 0 Å². The smallest absolute Gasteiger partial charge is 0.164 e. The second-order valence-electron chi connectivity index (χ2n) is 11.6. The summed E-state index contributed by atoms with van der Waals surface area (Å²) in [5.41, 5.74) is 12.1. The molecule has 1 aromatic heterocycles. The predicted octanol–water partition coefficient (Wildman–Crippen LogP) is 11.5. The Hall–Kier alpha value is -6.45. The van der Waals surface area contributed by atoms with E-state index in [1.54, 1.807) is 0 Å². The summed E-state index contributed by atoms with van der Waals surface area (Å²) in [6, 6.07) is 65.3. The third kappa shape index (κ3) is 5.81. The molecular formula is C45H31N3. The van der Waals surface area contributed by atoms with Crippen molar-refractivity contribution in [2.24, 2.45) is 0 Å². The van der Waals surface area contributed by atoms with Crippen LogP contribution in [0.15, 0.2) is 188 Å². The van der Waals surface area contributed by atoms with Crippen LogP contribution in [0.2, 0.25) is 0 Å². The van der Waals surface area contributed by atoms with Crippen molar-refractivity contribution in [1.29, 1.82) is 0 Å². The maximum Gasteiger partial charge on any atom is 0.164 e. The normalized spacial score (nSPS) is 10.9. The van der Waals surface area contributed by atoms with Crippen molar-refractivity contribution in [3.63, 3.8) is 0 Å². The van der Waals surface area contributed by atoms with Crippen LogP contribution in [0.4, 0.5) is 0 Å². The van der Waals surface area contributed by atoms with E-state index < -0.39 is 0 Å². The Kier molecular flexibility index (Phi) is 7.92. The van der Waals surface area contributed by atoms with Crippen molar-refractivity contribution < 1.29 is 0 Å². The fraction of sp³-hybridized carbons (Fsp3) is 0. The van der Waals surface area contributed by atoms with E-state index in [2.05, 4.69) is 127 Å². The van der Waals surface area contributed by atoms with Gasteiger partial charge in [-0.15, -0.1) is 0 Å². The van der Waals surface area contributed by atoms with E-state index in [1.165, 1.54) is 27.8 Å². The van der Waals surface area contributed by atoms with Crippen molar-refractivity contribution in [3.8, 4) is 78.7 Å². The van der Waals surface area contributed by atoms with Gasteiger partial charge >= 0.3 is 0 Å². The Bertz CT molecular complexity index is 2250. The molecule has 0 saturated heterocycles. The molecule has 1 heterocycles. The number of hydrogen-bond acceptors (Lipinski definition) is 3. The van der Waals surface area contributed by atoms with Gasteiger partial charge in [0.1, 0.15) is 0 Å². The van der Waals surface area contributed by atoms with Gasteiger partial charge in [-0.2, -0.15) is 0 Å². The van der Waals surface area contributed by atoms with Gasteiger partial charge in [-0.05, 0) is 50.6 Å². The average molecular weight is 614 g/mol. The van der Waals surface area contributed by atoms with Gasteiger partial charge in [0.05, 0.1) is 0 Å². The lowest BCUT2D eigenvalue weighted by Crippen LogP contribution is -2.00. The summed E-state index contributed by atoms with van der Waals surface area (Å²) in [4.78, 5) is 15.0. The Labute approximate surface area is 280 Å². The summed E-state index contributed by atoms with van der Waals surface area (Å²) < 4.78 is 0. The number of aromatic nitrogens is 3. The lowest BCUT2D eigenvalue weighted by Gasteiger charge is -2.19. The monoisotopic (exact) mass is 613 g/mol. The predicted molar refractivity (Wildman–Crippen MR) is 198 cm³/mol. The van der Waals surface area contributed by atoms with Crippen LogP contribution < -0.4 is 0 Å². The zero-order chi connectivity index (χ0) is 32.1. The molecule has 0 atom stereocenters. The van der Waals surface area contributed by atoms with E-state index >= 15 is 0 Å². The first-order valence-electron chi connectivity index (χ1n) is 16.1. The Balaban J connectivity index is 1.36. The van der Waals surface area contributed by atoms with Crippen molar-refractivity contribution in [3.05, 3.63) is 188 Å². The Morgan fingerprint density at radius 1 is 0.229 bits per heavy atom. The van der Waals surface area contributed by atoms with E-state index in [0.717, 1.165) is 33.4 Å². The van der Waals surface area contributed by atoms with Crippen LogP contribution in [0.25, 0.3) is 78.7 Å². The molecule has 0 aliphatic carbocycles. The molecule has 8 aromatic rings. The van der Waals surface area contributed by atoms with Crippen LogP contribution in [0.1, 0.15) is 0 Å². The molecule has 8 rings (SSSR count). The van der Waals surface area contributed by atoms with Gasteiger partial charge in [0.15, 0.2) is 17.5 Å². The SMILES string of the molecule is c1ccc(-c2nc(-c3ccccc3)nc(-c3ccc(-c4cccc(-c5ccccc5)c4-c4ccccc4)c(-c4ccccc4)c3)n2)cc1. The molecule has 7 aromatic carbocycles. The Morgan fingerprint density at radius 3 is 1.12 bits per heavy atom. The summed E-state index contributed by atoms with van der Waals surface area (Å²) in [6.45, 7) is 0. The molecule has 226 valence electrons. The fourth-order valence-corrected chi connectivity index (χ4v) is 6.26. The van der Waals surface area contributed by atoms with Gasteiger partial charge in [0.2, 0.25) is 0 Å². The van der Waals surface area contributed by atoms with Gasteiger partial charge in [-0.3, -0.25) is 0 Å². The molecule has 0 N–H and O–H groups in total. The zero-order valence-electron chi connectivity index (χ0n) is 26.2. The third-order valence-electron chi connectivity index (χ3n) is 8.56. The molecular weight excluding hydrogens is 583 g/mol. The summed E-state index contributed by atoms with van der Waals surface area (Å²) in [5, 5.41) is 0. The average Bonchev–Trinajstić information content (AvgIpc) is 3.19. The Morgan fingerprint density at radius 2 is 0.625 bits per heavy atom. The molecule has 3 heteroatoms. The first-order valence-corrected chi connectivity index (χ1v) is 16.1. The lowest BCUT2D eigenvalue weighted by molar-refractivity contribution is 1.07. The zero-order valence-corrected chi connectivity index (χ0v) is 26.2. The first kappa shape index (κ1) is 29.0. The van der Waals surface area contributed by atoms with E-state index in [4.69, 9.17) is 15.0 Å². The van der Waals surface area contributed by atoms with Crippen molar-refractivity contribution in [2.45, 2.75) is 0 Å². The highest BCUT2D eigenvalue weighted by Gasteiger charge is 2.19. The highest BCUT2D eigenvalue weighted by molar-refractivity contribution is 5.99. The van der Waals surface area contributed by atoms with Crippen LogP contribution in [-0.2, 0) is 0 Å². The minimum Gasteiger partial charge on any atom is -0.208 e. The van der Waals surface area contributed by atoms with E-state index in [0.29, 0.717) is 17.5 Å². The van der Waals surface area contributed by atoms with Crippen molar-refractivity contribution in [1.82, 2.24) is 15.0 Å². The lowest BCUT2D eigenvalue weighted by atomic mass is 9.84. The molecule has 0 amide bonds. The van der Waals surface area contributed by atoms with Gasteiger partial charge in [0, 0.05) is 16.7 Å². The van der Waals surface area contributed by atoms with Crippen LogP contribution in [0, 0.1) is 0 Å². The van der Waals surface area contributed by atoms with Crippen molar-refractivity contribution in [2.75, 3.05) is 0 Å². The minimum atomic E-state index is 0.632. The summed E-state index contributed by atoms with van der Waals surface area (Å²) in [5.74, 6) is 1.92. The summed E-state index contributed by atoms with van der Waals surface area (Å²) in [7, 11) is 0. The standard InChI is InChI=1S/C45H31N3/c1-6-17-32(18-7-1)38-27-16-28-40(42(38)34-21-10-3-11-22-34)39-30-29-37(31-41(39)33-19-8-2-9-20-33)45-47-43(35-23-12-4-13-24-35)46-44(48-45)36-25-14-5-15-26-36/h1-31H. The van der Waals surface area contributed by atoms with E-state index in [1.807, 2.05) is 60.7 Å². The molecule has 3 nitrogen and oxygen atoms in total. The van der Waals surface area contributed by atoms with Crippen LogP contribution in [0.5, 0.6) is 0 Å². The number of hydrogen-bond donors (Lipinski definition) is 0. The topological polar surface area (TPSA) is 38.7 Å². The van der Waals surface area contributed by atoms with Crippen molar-refractivity contribution >= 4 is 0 Å². The van der Waals surface area contributed by atoms with Crippen LogP contribution >= 0.6 is 0 Å². The molecule has 0 radical (unpaired) electrons. The first-order chi connectivity index (χ1) is 23.8. The highest BCUT2D eigenvalue weighted by atomic mass is 15.0. The van der Waals surface area contributed by atoms with E-state index in [-0.39, 0.29) is 0 Å². The molecule has 0 fully saturated rings. The molecule has 0 bridgehead atoms. The molecule has 0 saturated carbocycles. The number of nitrogens with zero attached hydrogens (tertiary/aromatic N) is 3. The minimum absolute atomic E-state index is 0.632. The van der Waals surface area contributed by atoms with Gasteiger partial charge in [0.25, 0.3) is 0 Å². The summed E-state index contributed by atoms with van der Waals surface area (Å²) in [6.07, 6.45) is 0. The number of rotatable bonds is 7. The van der Waals surface area contributed by atoms with E-state index in [9.17, 15) is 0 Å². The molecule has 0 spiro atoms. The fourth-order valence-electron chi connectivity index (χ4n) is 6.26. The van der Waals surface area contributed by atoms with Crippen LogP contribution in [0.3, 0.4) is 0 Å². The third-order valence-corrected chi connectivity index (χ3v) is 8.56. The maximum absolute atomic E-state index is 5.03. The maximum atomic E-state index is 5.03. The van der Waals surface area contributed by atoms with Gasteiger partial charge in [-0.1, -0.05) is 182 Å². The van der Waals surface area contributed by atoms with Crippen LogP contribution in [-0.4, -0.2) is 15.0 Å². The molecule has 48 heavy (non-hydrogen) atoms. The summed E-state index contributed by atoms with van der Waals surface area (Å²) >= 11 is 0. The second-order valence-corrected chi connectivity index (χ2v) is 11.6. The highest BCUT2D eigenvalue weighted by Crippen LogP contribution is 2.44.